The van der Waals surface area contributed by atoms with Crippen molar-refractivity contribution < 1.29 is 38.2 Å². The second-order valence-electron chi connectivity index (χ2n) is 14.3. The van der Waals surface area contributed by atoms with Gasteiger partial charge in [0.2, 0.25) is 23.6 Å². The number of phenols is 1. The van der Waals surface area contributed by atoms with Crippen LogP contribution in [0.2, 0.25) is 5.02 Å². The molecule has 4 aliphatic rings. The molecule has 8 rings (SSSR count). The van der Waals surface area contributed by atoms with Gasteiger partial charge in [0.05, 0.1) is 46.7 Å². The number of rotatable bonds is 7. The molecule has 4 aromatic carbocycles. The number of methoxy groups -OCH3 is 1. The summed E-state index contributed by atoms with van der Waals surface area (Å²) in [6.07, 6.45) is 5.94. The number of hydrogen-bond donors (Lipinski definition) is 1. The number of carbonyl (C=O) groups excluding carboxylic acids is 5. The highest BCUT2D eigenvalue weighted by Gasteiger charge is 2.67. The van der Waals surface area contributed by atoms with Crippen LogP contribution in [-0.4, -0.2) is 41.6 Å². The van der Waals surface area contributed by atoms with E-state index in [-0.39, 0.29) is 46.7 Å². The van der Waals surface area contributed by atoms with E-state index in [4.69, 9.17) is 16.3 Å². The standard InChI is InChI=1S/C43H34ClFN2O7/c1-43-31(17-8-23-9-19-35(48)36(20-23)54-2)28-15-16-29-37(30(28)22-32(43)40(51)47(42(43)53)27-14-18-34(45)33(44)21-27)41(52)46(39(29)50)26-12-10-25(11-13-26)38(49)24-6-4-3-5-7-24/h3-15,17-21,29-32,37,48H,16,22H2,1-2H3/t29-,30+,31-,32-,37-,43-/m0/s1. The van der Waals surface area contributed by atoms with E-state index >= 15 is 0 Å². The summed E-state index contributed by atoms with van der Waals surface area (Å²) in [6.45, 7) is 1.74. The van der Waals surface area contributed by atoms with Crippen molar-refractivity contribution in [3.63, 3.8) is 0 Å². The number of nitrogens with zero attached hydrogens (tertiary/aromatic N) is 2. The molecular weight excluding hydrogens is 711 g/mol. The molecule has 0 spiro atoms. The Morgan fingerprint density at radius 2 is 1.57 bits per heavy atom. The molecule has 1 saturated carbocycles. The fourth-order valence-corrected chi connectivity index (χ4v) is 9.04. The van der Waals surface area contributed by atoms with E-state index in [2.05, 4.69) is 0 Å². The second-order valence-corrected chi connectivity index (χ2v) is 14.8. The number of benzene rings is 4. The number of anilines is 2. The molecule has 2 heterocycles. The number of fused-ring (bicyclic) bond motifs is 4. The molecule has 2 aliphatic carbocycles. The quantitative estimate of drug-likeness (QED) is 0.119. The van der Waals surface area contributed by atoms with E-state index in [0.29, 0.717) is 22.4 Å². The topological polar surface area (TPSA) is 121 Å². The number of carbonyl (C=O) groups is 5. The summed E-state index contributed by atoms with van der Waals surface area (Å²) in [5.41, 5.74) is 1.54. The minimum atomic E-state index is -1.31. The number of ether oxygens (including phenoxy) is 1. The summed E-state index contributed by atoms with van der Waals surface area (Å²) in [5.74, 6) is -6.04. The van der Waals surface area contributed by atoms with Crippen molar-refractivity contribution in [2.75, 3.05) is 16.9 Å². The van der Waals surface area contributed by atoms with Gasteiger partial charge in [-0.3, -0.25) is 28.9 Å². The minimum Gasteiger partial charge on any atom is -0.504 e. The van der Waals surface area contributed by atoms with Crippen LogP contribution in [0.25, 0.3) is 6.08 Å². The second kappa shape index (κ2) is 13.2. The first kappa shape index (κ1) is 35.2. The number of halogens is 2. The molecule has 4 aromatic rings. The van der Waals surface area contributed by atoms with Gasteiger partial charge in [0, 0.05) is 17.0 Å². The third-order valence-electron chi connectivity index (χ3n) is 11.6. The zero-order chi connectivity index (χ0) is 38.1. The fraction of sp³-hybridized carbons (Fsp3) is 0.233. The Hall–Kier alpha value is -5.87. The van der Waals surface area contributed by atoms with E-state index in [1.165, 1.54) is 30.2 Å². The van der Waals surface area contributed by atoms with E-state index in [1.54, 1.807) is 73.7 Å². The maximum absolute atomic E-state index is 14.6. The van der Waals surface area contributed by atoms with E-state index in [9.17, 15) is 33.5 Å². The highest BCUT2D eigenvalue weighted by Crippen LogP contribution is 2.61. The van der Waals surface area contributed by atoms with Crippen molar-refractivity contribution in [1.29, 1.82) is 0 Å². The number of phenolic OH excluding ortho intramolecular Hbond substituents is 1. The lowest BCUT2D eigenvalue weighted by Crippen LogP contribution is -2.49. The molecule has 3 fully saturated rings. The van der Waals surface area contributed by atoms with E-state index < -0.39 is 58.5 Å². The zero-order valence-electron chi connectivity index (χ0n) is 29.2. The molecule has 0 radical (unpaired) electrons. The third kappa shape index (κ3) is 5.38. The van der Waals surface area contributed by atoms with Crippen LogP contribution in [0.1, 0.15) is 41.3 Å². The molecule has 272 valence electrons. The molecule has 9 nitrogen and oxygen atoms in total. The van der Waals surface area contributed by atoms with Gasteiger partial charge in [-0.15, -0.1) is 0 Å². The lowest BCUT2D eigenvalue weighted by atomic mass is 9.52. The zero-order valence-corrected chi connectivity index (χ0v) is 30.0. The van der Waals surface area contributed by atoms with Crippen molar-refractivity contribution in [2.45, 2.75) is 19.8 Å². The summed E-state index contributed by atoms with van der Waals surface area (Å²) < 4.78 is 19.5. The van der Waals surface area contributed by atoms with E-state index in [0.717, 1.165) is 16.5 Å². The van der Waals surface area contributed by atoms with Gasteiger partial charge < -0.3 is 9.84 Å². The summed E-state index contributed by atoms with van der Waals surface area (Å²) in [6, 6.07) is 23.7. The Bertz CT molecular complexity index is 2320. The number of hydrogen-bond acceptors (Lipinski definition) is 7. The number of imide groups is 2. The molecule has 0 bridgehead atoms. The molecule has 0 unspecified atom stereocenters. The van der Waals surface area contributed by atoms with Crippen molar-refractivity contribution >= 4 is 58.5 Å². The normalized spacial score (nSPS) is 26.1. The minimum absolute atomic E-state index is 0.0444. The molecule has 54 heavy (non-hydrogen) atoms. The van der Waals surface area contributed by atoms with Crippen molar-refractivity contribution in [2.24, 2.45) is 35.0 Å². The predicted octanol–water partition coefficient (Wildman–Crippen LogP) is 7.41. The van der Waals surface area contributed by atoms with Crippen LogP contribution in [0.15, 0.2) is 109 Å². The lowest BCUT2D eigenvalue weighted by molar-refractivity contribution is -0.132. The first-order chi connectivity index (χ1) is 25.9. The van der Waals surface area contributed by atoms with Gasteiger partial charge in [-0.1, -0.05) is 71.8 Å². The summed E-state index contributed by atoms with van der Waals surface area (Å²) >= 11 is 6.10. The SMILES string of the molecule is COc1cc(C=C[C@H]2C3=CC[C@@H]4C(=O)N(c5ccc(C(=O)c6ccccc6)cc5)C(=O)[C@@H]4[C@@H]3C[C@H]3C(=O)N(c4ccc(F)c(Cl)c4)C(=O)[C@@]23C)ccc1O. The summed E-state index contributed by atoms with van der Waals surface area (Å²) in [4.78, 5) is 72.7. The molecule has 11 heteroatoms. The van der Waals surface area contributed by atoms with Crippen LogP contribution in [0.3, 0.4) is 0 Å². The molecule has 0 aromatic heterocycles. The summed E-state index contributed by atoms with van der Waals surface area (Å²) in [7, 11) is 1.43. The molecule has 6 atom stereocenters. The maximum atomic E-state index is 14.6. The number of allylic oxidation sites excluding steroid dienone is 3. The monoisotopic (exact) mass is 744 g/mol. The largest absolute Gasteiger partial charge is 0.504 e. The average Bonchev–Trinajstić information content (AvgIpc) is 3.55. The van der Waals surface area contributed by atoms with Crippen molar-refractivity contribution in [3.05, 3.63) is 136 Å². The maximum Gasteiger partial charge on any atom is 0.241 e. The van der Waals surface area contributed by atoms with Crippen LogP contribution in [0.4, 0.5) is 15.8 Å². The van der Waals surface area contributed by atoms with Gasteiger partial charge in [-0.25, -0.2) is 9.29 Å². The Morgan fingerprint density at radius 1 is 0.870 bits per heavy atom. The Balaban J connectivity index is 1.17. The molecule has 2 aliphatic heterocycles. The van der Waals surface area contributed by atoms with Gasteiger partial charge >= 0.3 is 0 Å². The van der Waals surface area contributed by atoms with Gasteiger partial charge in [0.15, 0.2) is 17.3 Å². The number of ketones is 1. The fourth-order valence-electron chi connectivity index (χ4n) is 8.87. The van der Waals surface area contributed by atoms with Crippen molar-refractivity contribution in [1.82, 2.24) is 0 Å². The molecule has 2 saturated heterocycles. The van der Waals surface area contributed by atoms with Crippen LogP contribution in [-0.2, 0) is 19.2 Å². The van der Waals surface area contributed by atoms with Crippen LogP contribution < -0.4 is 14.5 Å². The summed E-state index contributed by atoms with van der Waals surface area (Å²) in [5, 5.41) is 9.94. The average molecular weight is 745 g/mol. The van der Waals surface area contributed by atoms with Crippen LogP contribution >= 0.6 is 11.6 Å². The van der Waals surface area contributed by atoms with Gasteiger partial charge in [-0.05, 0) is 85.8 Å². The molecule has 4 amide bonds. The van der Waals surface area contributed by atoms with E-state index in [1.807, 2.05) is 18.2 Å². The Morgan fingerprint density at radius 3 is 2.28 bits per heavy atom. The van der Waals surface area contributed by atoms with Crippen LogP contribution in [0, 0.1) is 40.8 Å². The first-order valence-electron chi connectivity index (χ1n) is 17.6. The van der Waals surface area contributed by atoms with Crippen molar-refractivity contribution in [3.8, 4) is 11.5 Å². The lowest BCUT2D eigenvalue weighted by Gasteiger charge is -2.47. The predicted molar refractivity (Wildman–Crippen MR) is 199 cm³/mol. The Labute approximate surface area is 315 Å². The number of amides is 4. The van der Waals surface area contributed by atoms with Crippen LogP contribution in [0.5, 0.6) is 11.5 Å². The Kier molecular flexibility index (Phi) is 8.61. The van der Waals surface area contributed by atoms with Gasteiger partial charge in [-0.2, -0.15) is 0 Å². The first-order valence-corrected chi connectivity index (χ1v) is 18.0. The molecular formula is C43H34ClFN2O7. The highest BCUT2D eigenvalue weighted by molar-refractivity contribution is 6.32. The van der Waals surface area contributed by atoms with Gasteiger partial charge in [0.1, 0.15) is 5.82 Å². The highest BCUT2D eigenvalue weighted by atomic mass is 35.5. The van der Waals surface area contributed by atoms with Gasteiger partial charge in [0.25, 0.3) is 0 Å². The third-order valence-corrected chi connectivity index (χ3v) is 11.9. The number of aromatic hydroxyl groups is 1. The molecule has 1 N–H and O–H groups in total. The smallest absolute Gasteiger partial charge is 0.241 e.